The van der Waals surface area contributed by atoms with Gasteiger partial charge in [-0.05, 0) is 48.9 Å². The maximum atomic E-state index is 12.7. The first-order chi connectivity index (χ1) is 13.5. The van der Waals surface area contributed by atoms with E-state index in [1.165, 1.54) is 7.11 Å². The minimum atomic E-state index is -0.352. The predicted octanol–water partition coefficient (Wildman–Crippen LogP) is 5.16. The quantitative estimate of drug-likeness (QED) is 0.628. The van der Waals surface area contributed by atoms with Crippen LogP contribution in [-0.4, -0.2) is 18.9 Å². The van der Waals surface area contributed by atoms with Crippen molar-refractivity contribution in [3.05, 3.63) is 88.4 Å². The molecule has 0 unspecified atom stereocenters. The molecule has 0 aliphatic rings. The lowest BCUT2D eigenvalue weighted by atomic mass is 10.1. The van der Waals surface area contributed by atoms with Crippen LogP contribution < -0.4 is 15.4 Å². The normalized spacial score (nSPS) is 10.2. The summed E-state index contributed by atoms with van der Waals surface area (Å²) in [6, 6.07) is 19.0. The number of anilines is 2. The molecule has 2 N–H and O–H groups in total. The molecule has 0 atom stereocenters. The van der Waals surface area contributed by atoms with Crippen molar-refractivity contribution in [3.8, 4) is 5.75 Å². The van der Waals surface area contributed by atoms with Crippen LogP contribution in [-0.2, 0) is 0 Å². The molecule has 6 heteroatoms. The lowest BCUT2D eigenvalue weighted by Crippen LogP contribution is -2.16. The monoisotopic (exact) mass is 394 g/mol. The number of methoxy groups -OCH3 is 1. The Hall–Kier alpha value is -3.31. The van der Waals surface area contributed by atoms with Crippen molar-refractivity contribution in [1.29, 1.82) is 0 Å². The number of rotatable bonds is 5. The van der Waals surface area contributed by atoms with E-state index in [0.29, 0.717) is 33.3 Å². The summed E-state index contributed by atoms with van der Waals surface area (Å²) in [6.45, 7) is 1.84. The molecule has 28 heavy (non-hydrogen) atoms. The Kier molecular flexibility index (Phi) is 5.96. The van der Waals surface area contributed by atoms with Crippen molar-refractivity contribution in [3.63, 3.8) is 0 Å². The maximum absolute atomic E-state index is 12.7. The third-order valence-electron chi connectivity index (χ3n) is 4.15. The van der Waals surface area contributed by atoms with Gasteiger partial charge in [0.25, 0.3) is 11.8 Å². The van der Waals surface area contributed by atoms with Gasteiger partial charge in [0.05, 0.1) is 12.8 Å². The first kappa shape index (κ1) is 19.5. The first-order valence-corrected chi connectivity index (χ1v) is 8.97. The molecule has 0 fully saturated rings. The van der Waals surface area contributed by atoms with Crippen LogP contribution in [0, 0.1) is 6.92 Å². The van der Waals surface area contributed by atoms with Gasteiger partial charge in [-0.1, -0.05) is 35.9 Å². The molecule has 0 radical (unpaired) electrons. The molecule has 2 amide bonds. The van der Waals surface area contributed by atoms with Crippen LogP contribution in [0.15, 0.2) is 66.7 Å². The van der Waals surface area contributed by atoms with Crippen LogP contribution >= 0.6 is 11.6 Å². The molecule has 3 aromatic rings. The van der Waals surface area contributed by atoms with E-state index in [1.54, 1.807) is 48.5 Å². The van der Waals surface area contributed by atoms with Crippen molar-refractivity contribution < 1.29 is 14.3 Å². The van der Waals surface area contributed by atoms with E-state index in [1.807, 2.05) is 25.1 Å². The van der Waals surface area contributed by atoms with Gasteiger partial charge in [0.15, 0.2) is 0 Å². The number of amides is 2. The van der Waals surface area contributed by atoms with Gasteiger partial charge in [-0.25, -0.2) is 0 Å². The highest BCUT2D eigenvalue weighted by atomic mass is 35.5. The van der Waals surface area contributed by atoms with Gasteiger partial charge in [0.1, 0.15) is 5.75 Å². The van der Waals surface area contributed by atoms with Gasteiger partial charge in [-0.3, -0.25) is 9.59 Å². The number of hydrogen-bond acceptors (Lipinski definition) is 3. The second-order valence-corrected chi connectivity index (χ2v) is 6.56. The second kappa shape index (κ2) is 8.59. The summed E-state index contributed by atoms with van der Waals surface area (Å²) in [4.78, 5) is 25.1. The van der Waals surface area contributed by atoms with E-state index in [0.717, 1.165) is 5.56 Å². The highest BCUT2D eigenvalue weighted by molar-refractivity contribution is 6.31. The third kappa shape index (κ3) is 4.50. The second-order valence-electron chi connectivity index (χ2n) is 6.16. The van der Waals surface area contributed by atoms with Gasteiger partial charge >= 0.3 is 0 Å². The molecule has 0 saturated heterocycles. The SMILES string of the molecule is COc1cc(Cl)c(C)cc1NC(=O)c1cccc(C(=O)Nc2ccccc2)c1. The summed E-state index contributed by atoms with van der Waals surface area (Å²) in [6.07, 6.45) is 0. The summed E-state index contributed by atoms with van der Waals surface area (Å²) >= 11 is 6.10. The highest BCUT2D eigenvalue weighted by Crippen LogP contribution is 2.31. The van der Waals surface area contributed by atoms with E-state index in [9.17, 15) is 9.59 Å². The Morgan fingerprint density at radius 1 is 0.857 bits per heavy atom. The molecule has 0 spiro atoms. The fourth-order valence-corrected chi connectivity index (χ4v) is 2.80. The topological polar surface area (TPSA) is 67.4 Å². The number of ether oxygens (including phenoxy) is 1. The van der Waals surface area contributed by atoms with Crippen molar-refractivity contribution in [1.82, 2.24) is 0 Å². The van der Waals surface area contributed by atoms with E-state index in [-0.39, 0.29) is 11.8 Å². The van der Waals surface area contributed by atoms with Crippen molar-refractivity contribution >= 4 is 34.8 Å². The number of benzene rings is 3. The molecule has 5 nitrogen and oxygen atoms in total. The van der Waals surface area contributed by atoms with Gasteiger partial charge in [0, 0.05) is 27.9 Å². The summed E-state index contributed by atoms with van der Waals surface area (Å²) in [5.41, 5.74) is 2.75. The van der Waals surface area contributed by atoms with Crippen molar-refractivity contribution in [2.24, 2.45) is 0 Å². The maximum Gasteiger partial charge on any atom is 0.255 e. The van der Waals surface area contributed by atoms with Crippen LogP contribution in [0.4, 0.5) is 11.4 Å². The zero-order chi connectivity index (χ0) is 20.1. The molecule has 0 heterocycles. The highest BCUT2D eigenvalue weighted by Gasteiger charge is 2.14. The fraction of sp³-hybridized carbons (Fsp3) is 0.0909. The number of carbonyl (C=O) groups excluding carboxylic acids is 2. The van der Waals surface area contributed by atoms with Crippen LogP contribution in [0.5, 0.6) is 5.75 Å². The molecule has 0 aliphatic heterocycles. The van der Waals surface area contributed by atoms with E-state index < -0.39 is 0 Å². The smallest absolute Gasteiger partial charge is 0.255 e. The lowest BCUT2D eigenvalue weighted by molar-refractivity contribution is 0.102. The standard InChI is InChI=1S/C22H19ClN2O3/c1-14-11-19(20(28-2)13-18(14)23)25-22(27)16-8-6-7-15(12-16)21(26)24-17-9-4-3-5-10-17/h3-13H,1-2H3,(H,24,26)(H,25,27). The van der Waals surface area contributed by atoms with Crippen molar-refractivity contribution in [2.45, 2.75) is 6.92 Å². The molecular formula is C22H19ClN2O3. The third-order valence-corrected chi connectivity index (χ3v) is 4.55. The Morgan fingerprint density at radius 2 is 1.50 bits per heavy atom. The van der Waals surface area contributed by atoms with E-state index in [4.69, 9.17) is 16.3 Å². The largest absolute Gasteiger partial charge is 0.495 e. The van der Waals surface area contributed by atoms with Crippen LogP contribution in [0.3, 0.4) is 0 Å². The molecule has 0 bridgehead atoms. The van der Waals surface area contributed by atoms with Crippen LogP contribution in [0.25, 0.3) is 0 Å². The Balaban J connectivity index is 1.79. The molecule has 0 aliphatic carbocycles. The zero-order valence-corrected chi connectivity index (χ0v) is 16.2. The van der Waals surface area contributed by atoms with E-state index in [2.05, 4.69) is 10.6 Å². The lowest BCUT2D eigenvalue weighted by Gasteiger charge is -2.13. The Labute approximate surface area is 168 Å². The number of hydrogen-bond donors (Lipinski definition) is 2. The molecule has 3 rings (SSSR count). The fourth-order valence-electron chi connectivity index (χ4n) is 2.65. The average molecular weight is 395 g/mol. The number of aryl methyl sites for hydroxylation is 1. The minimum absolute atomic E-state index is 0.291. The first-order valence-electron chi connectivity index (χ1n) is 8.60. The summed E-state index contributed by atoms with van der Waals surface area (Å²) < 4.78 is 5.28. The van der Waals surface area contributed by atoms with Gasteiger partial charge < -0.3 is 15.4 Å². The summed E-state index contributed by atoms with van der Waals surface area (Å²) in [7, 11) is 1.51. The number of para-hydroxylation sites is 1. The zero-order valence-electron chi connectivity index (χ0n) is 15.5. The molecular weight excluding hydrogens is 376 g/mol. The summed E-state index contributed by atoms with van der Waals surface area (Å²) in [5.74, 6) is -0.183. The number of carbonyl (C=O) groups is 2. The van der Waals surface area contributed by atoms with Crippen LogP contribution in [0.2, 0.25) is 5.02 Å². The number of halogens is 1. The molecule has 3 aromatic carbocycles. The predicted molar refractivity (Wildman–Crippen MR) is 112 cm³/mol. The Bertz CT molecular complexity index is 1020. The van der Waals surface area contributed by atoms with Gasteiger partial charge in [-0.2, -0.15) is 0 Å². The minimum Gasteiger partial charge on any atom is -0.495 e. The summed E-state index contributed by atoms with van der Waals surface area (Å²) in [5, 5.41) is 6.16. The van der Waals surface area contributed by atoms with E-state index >= 15 is 0 Å². The molecule has 0 saturated carbocycles. The van der Waals surface area contributed by atoms with Gasteiger partial charge in [-0.15, -0.1) is 0 Å². The average Bonchev–Trinajstić information content (AvgIpc) is 2.71. The van der Waals surface area contributed by atoms with Gasteiger partial charge in [0.2, 0.25) is 0 Å². The van der Waals surface area contributed by atoms with Crippen molar-refractivity contribution in [2.75, 3.05) is 17.7 Å². The number of nitrogens with one attached hydrogen (secondary N) is 2. The Morgan fingerprint density at radius 3 is 2.14 bits per heavy atom. The molecule has 0 aromatic heterocycles. The van der Waals surface area contributed by atoms with Crippen LogP contribution in [0.1, 0.15) is 26.3 Å². The molecule has 142 valence electrons.